The van der Waals surface area contributed by atoms with Gasteiger partial charge in [-0.05, 0) is 55.5 Å². The number of fused-ring (bicyclic) bond motifs is 2. The van der Waals surface area contributed by atoms with Crippen LogP contribution in [0.1, 0.15) is 47.2 Å². The van der Waals surface area contributed by atoms with Crippen molar-refractivity contribution in [2.45, 2.75) is 43.4 Å². The molecule has 0 unspecified atom stereocenters. The summed E-state index contributed by atoms with van der Waals surface area (Å²) in [5.41, 5.74) is -0.732. The standard InChI is InChI=1S/C20H16ClF3N2O4/c21-11-8-14(20(22,23)24)16(25-9-11)30-12-3-5-19(6-4-12)13-7-10(17(27)28)1-2-15(13)26-18(19)29/h1-2,7-9,12H,3-6H2,(H,26,29)(H,27,28). The number of carbonyl (C=O) groups excluding carboxylic acids is 1. The minimum atomic E-state index is -4.67. The molecule has 2 aromatic rings. The monoisotopic (exact) mass is 440 g/mol. The molecule has 2 heterocycles. The number of benzene rings is 1. The van der Waals surface area contributed by atoms with Gasteiger partial charge in [-0.1, -0.05) is 11.6 Å². The second kappa shape index (κ2) is 7.16. The second-order valence-corrected chi connectivity index (χ2v) is 7.86. The highest BCUT2D eigenvalue weighted by Gasteiger charge is 2.49. The highest BCUT2D eigenvalue weighted by atomic mass is 35.5. The first-order valence-corrected chi connectivity index (χ1v) is 9.57. The van der Waals surface area contributed by atoms with Crippen LogP contribution in [0, 0.1) is 0 Å². The summed E-state index contributed by atoms with van der Waals surface area (Å²) < 4.78 is 45.3. The average Bonchev–Trinajstić information content (AvgIpc) is 2.95. The number of nitrogens with one attached hydrogen (secondary N) is 1. The first-order chi connectivity index (χ1) is 14.1. The van der Waals surface area contributed by atoms with E-state index in [1.54, 1.807) is 6.07 Å². The Kier molecular flexibility index (Phi) is 4.88. The molecule has 0 atom stereocenters. The summed E-state index contributed by atoms with van der Waals surface area (Å²) in [5, 5.41) is 11.9. The Labute approximate surface area is 174 Å². The highest BCUT2D eigenvalue weighted by Crippen LogP contribution is 2.48. The zero-order chi connectivity index (χ0) is 21.7. The van der Waals surface area contributed by atoms with Gasteiger partial charge in [0.1, 0.15) is 11.7 Å². The van der Waals surface area contributed by atoms with Gasteiger partial charge in [-0.3, -0.25) is 4.79 Å². The Morgan fingerprint density at radius 2 is 1.97 bits per heavy atom. The Hall–Kier alpha value is -2.81. The van der Waals surface area contributed by atoms with Gasteiger partial charge >= 0.3 is 12.1 Å². The summed E-state index contributed by atoms with van der Waals surface area (Å²) in [6.07, 6.45) is -2.89. The number of anilines is 1. The van der Waals surface area contributed by atoms with Crippen molar-refractivity contribution >= 4 is 29.2 Å². The molecule has 1 aromatic heterocycles. The lowest BCUT2D eigenvalue weighted by Crippen LogP contribution is -2.41. The molecule has 1 spiro atoms. The van der Waals surface area contributed by atoms with E-state index in [0.717, 1.165) is 12.3 Å². The fourth-order valence-corrected chi connectivity index (χ4v) is 4.28. The molecular weight excluding hydrogens is 425 g/mol. The molecule has 4 rings (SSSR count). The van der Waals surface area contributed by atoms with Gasteiger partial charge in [0.15, 0.2) is 0 Å². The largest absolute Gasteiger partial charge is 0.478 e. The normalized spacial score (nSPS) is 23.2. The van der Waals surface area contributed by atoms with Crippen molar-refractivity contribution in [1.82, 2.24) is 4.98 Å². The lowest BCUT2D eigenvalue weighted by Gasteiger charge is -2.35. The van der Waals surface area contributed by atoms with Crippen molar-refractivity contribution in [3.8, 4) is 5.88 Å². The van der Waals surface area contributed by atoms with Crippen molar-refractivity contribution in [2.75, 3.05) is 5.32 Å². The molecule has 0 radical (unpaired) electrons. The van der Waals surface area contributed by atoms with Gasteiger partial charge in [0.05, 0.1) is 16.0 Å². The average molecular weight is 441 g/mol. The number of hydrogen-bond donors (Lipinski definition) is 2. The number of pyridine rings is 1. The fraction of sp³-hybridized carbons (Fsp3) is 0.350. The van der Waals surface area contributed by atoms with E-state index in [-0.39, 0.29) is 16.5 Å². The molecule has 1 saturated carbocycles. The number of aromatic nitrogens is 1. The van der Waals surface area contributed by atoms with Crippen molar-refractivity contribution in [1.29, 1.82) is 0 Å². The molecule has 10 heteroatoms. The van der Waals surface area contributed by atoms with Crippen LogP contribution in [0.25, 0.3) is 0 Å². The van der Waals surface area contributed by atoms with Crippen molar-refractivity contribution < 1.29 is 32.6 Å². The molecule has 0 saturated heterocycles. The van der Waals surface area contributed by atoms with Crippen molar-refractivity contribution in [3.05, 3.63) is 52.2 Å². The van der Waals surface area contributed by atoms with Crippen LogP contribution in [0.2, 0.25) is 5.02 Å². The van der Waals surface area contributed by atoms with Crippen LogP contribution in [-0.4, -0.2) is 28.1 Å². The smallest absolute Gasteiger partial charge is 0.421 e. The number of amides is 1. The predicted molar refractivity (Wildman–Crippen MR) is 101 cm³/mol. The molecule has 1 aliphatic heterocycles. The zero-order valence-electron chi connectivity index (χ0n) is 15.4. The quantitative estimate of drug-likeness (QED) is 0.724. The van der Waals surface area contributed by atoms with Crippen LogP contribution in [0.4, 0.5) is 18.9 Å². The summed E-state index contributed by atoms with van der Waals surface area (Å²) in [5.74, 6) is -1.88. The minimum absolute atomic E-state index is 0.0724. The van der Waals surface area contributed by atoms with Gasteiger partial charge in [0.2, 0.25) is 11.8 Å². The molecule has 1 aromatic carbocycles. The molecule has 1 amide bonds. The maximum Gasteiger partial charge on any atom is 0.421 e. The Bertz CT molecular complexity index is 1030. The molecule has 0 bridgehead atoms. The number of carboxylic acid groups (broad SMARTS) is 1. The number of aromatic carboxylic acids is 1. The predicted octanol–water partition coefficient (Wildman–Crippen LogP) is 4.66. The van der Waals surface area contributed by atoms with Gasteiger partial charge < -0.3 is 15.2 Å². The van der Waals surface area contributed by atoms with E-state index in [9.17, 15) is 27.9 Å². The maximum atomic E-state index is 13.3. The topological polar surface area (TPSA) is 88.5 Å². The van der Waals surface area contributed by atoms with Gasteiger partial charge in [0.25, 0.3) is 0 Å². The summed E-state index contributed by atoms with van der Waals surface area (Å²) >= 11 is 5.64. The molecule has 2 N–H and O–H groups in total. The summed E-state index contributed by atoms with van der Waals surface area (Å²) in [6, 6.07) is 5.23. The molecule has 2 aliphatic rings. The second-order valence-electron chi connectivity index (χ2n) is 7.42. The van der Waals surface area contributed by atoms with Gasteiger partial charge in [0, 0.05) is 11.9 Å². The van der Waals surface area contributed by atoms with Gasteiger partial charge in [-0.15, -0.1) is 0 Å². The maximum absolute atomic E-state index is 13.3. The zero-order valence-corrected chi connectivity index (χ0v) is 16.2. The fourth-order valence-electron chi connectivity index (χ4n) is 4.13. The van der Waals surface area contributed by atoms with E-state index in [2.05, 4.69) is 10.3 Å². The van der Waals surface area contributed by atoms with E-state index >= 15 is 0 Å². The van der Waals surface area contributed by atoms with Crippen LogP contribution in [0.5, 0.6) is 5.88 Å². The number of nitrogens with zero attached hydrogens (tertiary/aromatic N) is 1. The van der Waals surface area contributed by atoms with Crippen LogP contribution in [0.3, 0.4) is 0 Å². The number of alkyl halides is 3. The van der Waals surface area contributed by atoms with Crippen LogP contribution in [0.15, 0.2) is 30.5 Å². The highest BCUT2D eigenvalue weighted by molar-refractivity contribution is 6.30. The third-order valence-electron chi connectivity index (χ3n) is 5.65. The van der Waals surface area contributed by atoms with E-state index in [1.165, 1.54) is 12.1 Å². The number of halogens is 4. The SMILES string of the molecule is O=C(O)c1ccc2c(c1)C1(CCC(Oc3ncc(Cl)cc3C(F)(F)F)CC1)C(=O)N2. The Balaban J connectivity index is 1.55. The van der Waals surface area contributed by atoms with Crippen molar-refractivity contribution in [2.24, 2.45) is 0 Å². The molecule has 1 fully saturated rings. The Morgan fingerprint density at radius 3 is 2.60 bits per heavy atom. The van der Waals surface area contributed by atoms with E-state index in [1.807, 2.05) is 0 Å². The Morgan fingerprint density at radius 1 is 1.27 bits per heavy atom. The van der Waals surface area contributed by atoms with Crippen LogP contribution >= 0.6 is 11.6 Å². The first kappa shape index (κ1) is 20.5. The molecule has 1 aliphatic carbocycles. The van der Waals surface area contributed by atoms with Gasteiger partial charge in [-0.25, -0.2) is 9.78 Å². The van der Waals surface area contributed by atoms with Gasteiger partial charge in [-0.2, -0.15) is 13.2 Å². The van der Waals surface area contributed by atoms with E-state index in [4.69, 9.17) is 16.3 Å². The third-order valence-corrected chi connectivity index (χ3v) is 5.86. The van der Waals surface area contributed by atoms with E-state index < -0.39 is 35.1 Å². The summed E-state index contributed by atoms with van der Waals surface area (Å²) in [7, 11) is 0. The van der Waals surface area contributed by atoms with Crippen LogP contribution < -0.4 is 10.1 Å². The minimum Gasteiger partial charge on any atom is -0.478 e. The number of carboxylic acids is 1. The van der Waals surface area contributed by atoms with Crippen LogP contribution in [-0.2, 0) is 16.4 Å². The van der Waals surface area contributed by atoms with E-state index in [0.29, 0.717) is 36.9 Å². The number of hydrogen-bond acceptors (Lipinski definition) is 4. The number of carbonyl (C=O) groups is 2. The third kappa shape index (κ3) is 3.47. The summed E-state index contributed by atoms with van der Waals surface area (Å²) in [4.78, 5) is 27.7. The lowest BCUT2D eigenvalue weighted by molar-refractivity contribution is -0.139. The van der Waals surface area contributed by atoms with Crippen molar-refractivity contribution in [3.63, 3.8) is 0 Å². The number of rotatable bonds is 3. The summed E-state index contributed by atoms with van der Waals surface area (Å²) in [6.45, 7) is 0. The first-order valence-electron chi connectivity index (χ1n) is 9.19. The molecule has 6 nitrogen and oxygen atoms in total. The lowest BCUT2D eigenvalue weighted by atomic mass is 9.69. The number of ether oxygens (including phenoxy) is 1. The molecular formula is C20H16ClF3N2O4. The molecule has 30 heavy (non-hydrogen) atoms. The molecule has 158 valence electrons.